The number of benzene rings is 1. The highest BCUT2D eigenvalue weighted by Crippen LogP contribution is 2.14. The van der Waals surface area contributed by atoms with Crippen LogP contribution >= 0.6 is 0 Å². The van der Waals surface area contributed by atoms with Crippen molar-refractivity contribution >= 4 is 5.91 Å². The summed E-state index contributed by atoms with van der Waals surface area (Å²) < 4.78 is 13.4. The summed E-state index contributed by atoms with van der Waals surface area (Å²) >= 11 is 0. The summed E-state index contributed by atoms with van der Waals surface area (Å²) in [5.74, 6) is -0.370. The molecular weight excluding hydrogens is 231 g/mol. The van der Waals surface area contributed by atoms with Gasteiger partial charge in [-0.2, -0.15) is 0 Å². The largest absolute Gasteiger partial charge is 0.352 e. The first-order valence-corrected chi connectivity index (χ1v) is 6.23. The fourth-order valence-electron chi connectivity index (χ4n) is 1.93. The molecule has 100 valence electrons. The van der Waals surface area contributed by atoms with Crippen LogP contribution in [0.2, 0.25) is 0 Å². The maximum absolute atomic E-state index is 13.4. The molecule has 0 aliphatic carbocycles. The summed E-state index contributed by atoms with van der Waals surface area (Å²) in [6, 6.07) is 3.51. The standard InChI is InChI=1S/C14H21FN2O/c1-4-12(7-16)14(18)17-8-11-5-9(2)13(15)10(3)6-11/h5-6,12H,4,7-8,16H2,1-3H3,(H,17,18). The molecule has 1 unspecified atom stereocenters. The number of carbonyl (C=O) groups excluding carboxylic acids is 1. The van der Waals surface area contributed by atoms with E-state index in [1.165, 1.54) is 0 Å². The number of hydrogen-bond donors (Lipinski definition) is 2. The highest BCUT2D eigenvalue weighted by atomic mass is 19.1. The van der Waals surface area contributed by atoms with E-state index in [2.05, 4.69) is 5.32 Å². The lowest BCUT2D eigenvalue weighted by Gasteiger charge is -2.13. The molecule has 1 aromatic carbocycles. The molecule has 0 aliphatic rings. The number of nitrogens with two attached hydrogens (primary N) is 1. The molecule has 0 heterocycles. The van der Waals surface area contributed by atoms with Gasteiger partial charge in [0.1, 0.15) is 5.82 Å². The molecule has 0 bridgehead atoms. The Morgan fingerprint density at radius 2 is 1.94 bits per heavy atom. The van der Waals surface area contributed by atoms with Crippen molar-refractivity contribution in [1.29, 1.82) is 0 Å². The second-order valence-corrected chi connectivity index (χ2v) is 4.60. The van der Waals surface area contributed by atoms with E-state index in [0.29, 0.717) is 24.2 Å². The number of hydrogen-bond acceptors (Lipinski definition) is 2. The average Bonchev–Trinajstić information content (AvgIpc) is 2.34. The predicted octanol–water partition coefficient (Wildman–Crippen LogP) is 2.04. The van der Waals surface area contributed by atoms with Crippen molar-refractivity contribution in [2.24, 2.45) is 11.7 Å². The maximum Gasteiger partial charge on any atom is 0.224 e. The van der Waals surface area contributed by atoms with Gasteiger partial charge in [0.2, 0.25) is 5.91 Å². The highest BCUT2D eigenvalue weighted by Gasteiger charge is 2.14. The molecule has 0 fully saturated rings. The Hall–Kier alpha value is -1.42. The van der Waals surface area contributed by atoms with Crippen LogP contribution in [0, 0.1) is 25.6 Å². The van der Waals surface area contributed by atoms with E-state index in [1.54, 1.807) is 26.0 Å². The summed E-state index contributed by atoms with van der Waals surface area (Å²) in [6.07, 6.45) is 0.726. The molecule has 0 radical (unpaired) electrons. The fraction of sp³-hybridized carbons (Fsp3) is 0.500. The number of aryl methyl sites for hydroxylation is 2. The van der Waals surface area contributed by atoms with Crippen molar-refractivity contribution in [3.8, 4) is 0 Å². The first-order chi connectivity index (χ1) is 8.49. The molecule has 1 aromatic rings. The average molecular weight is 252 g/mol. The minimum atomic E-state index is -0.182. The van der Waals surface area contributed by atoms with E-state index >= 15 is 0 Å². The quantitative estimate of drug-likeness (QED) is 0.842. The number of amides is 1. The molecule has 1 rings (SSSR count). The van der Waals surface area contributed by atoms with Crippen LogP contribution in [0.25, 0.3) is 0 Å². The molecule has 3 nitrogen and oxygen atoms in total. The van der Waals surface area contributed by atoms with Crippen LogP contribution in [0.15, 0.2) is 12.1 Å². The lowest BCUT2D eigenvalue weighted by atomic mass is 10.0. The predicted molar refractivity (Wildman–Crippen MR) is 70.6 cm³/mol. The van der Waals surface area contributed by atoms with Gasteiger partial charge in [-0.15, -0.1) is 0 Å². The molecule has 0 spiro atoms. The van der Waals surface area contributed by atoms with Gasteiger partial charge in [-0.25, -0.2) is 4.39 Å². The summed E-state index contributed by atoms with van der Waals surface area (Å²) in [5, 5.41) is 2.83. The molecule has 0 saturated carbocycles. The smallest absolute Gasteiger partial charge is 0.224 e. The summed E-state index contributed by atoms with van der Waals surface area (Å²) in [7, 11) is 0. The van der Waals surface area contributed by atoms with Gasteiger partial charge in [0.25, 0.3) is 0 Å². The van der Waals surface area contributed by atoms with E-state index in [4.69, 9.17) is 5.73 Å². The van der Waals surface area contributed by atoms with Gasteiger partial charge in [-0.05, 0) is 37.0 Å². The van der Waals surface area contributed by atoms with E-state index in [1.807, 2.05) is 6.92 Å². The fourth-order valence-corrected chi connectivity index (χ4v) is 1.93. The number of carbonyl (C=O) groups is 1. The van der Waals surface area contributed by atoms with Gasteiger partial charge in [-0.1, -0.05) is 19.1 Å². The third kappa shape index (κ3) is 3.53. The zero-order valence-corrected chi connectivity index (χ0v) is 11.2. The third-order valence-corrected chi connectivity index (χ3v) is 3.11. The molecule has 1 amide bonds. The van der Waals surface area contributed by atoms with E-state index in [-0.39, 0.29) is 17.6 Å². The van der Waals surface area contributed by atoms with Crippen LogP contribution in [0.1, 0.15) is 30.0 Å². The topological polar surface area (TPSA) is 55.1 Å². The molecule has 0 aliphatic heterocycles. The molecule has 3 N–H and O–H groups in total. The van der Waals surface area contributed by atoms with Gasteiger partial charge in [0, 0.05) is 19.0 Å². The Labute approximate surface area is 108 Å². The first kappa shape index (κ1) is 14.6. The number of nitrogens with one attached hydrogen (secondary N) is 1. The SMILES string of the molecule is CCC(CN)C(=O)NCc1cc(C)c(F)c(C)c1. The zero-order valence-electron chi connectivity index (χ0n) is 11.2. The second kappa shape index (κ2) is 6.50. The van der Waals surface area contributed by atoms with Crippen molar-refractivity contribution in [1.82, 2.24) is 5.32 Å². The molecular formula is C14H21FN2O. The maximum atomic E-state index is 13.4. The van der Waals surface area contributed by atoms with Gasteiger partial charge in [0.05, 0.1) is 0 Å². The molecule has 0 aromatic heterocycles. The number of rotatable bonds is 5. The Morgan fingerprint density at radius 3 is 2.39 bits per heavy atom. The van der Waals surface area contributed by atoms with Crippen LogP contribution in [0.4, 0.5) is 4.39 Å². The van der Waals surface area contributed by atoms with Crippen LogP contribution in [0.3, 0.4) is 0 Å². The van der Waals surface area contributed by atoms with Crippen LogP contribution < -0.4 is 11.1 Å². The summed E-state index contributed by atoms with van der Waals surface area (Å²) in [6.45, 7) is 6.15. The minimum absolute atomic E-state index is 0.0420. The monoisotopic (exact) mass is 252 g/mol. The Kier molecular flexibility index (Phi) is 5.28. The lowest BCUT2D eigenvalue weighted by Crippen LogP contribution is -2.34. The van der Waals surface area contributed by atoms with Gasteiger partial charge < -0.3 is 11.1 Å². The Morgan fingerprint density at radius 1 is 1.39 bits per heavy atom. The van der Waals surface area contributed by atoms with Crippen LogP contribution in [-0.4, -0.2) is 12.5 Å². The zero-order chi connectivity index (χ0) is 13.7. The first-order valence-electron chi connectivity index (χ1n) is 6.23. The second-order valence-electron chi connectivity index (χ2n) is 4.60. The van der Waals surface area contributed by atoms with Crippen molar-refractivity contribution in [2.45, 2.75) is 33.7 Å². The molecule has 1 atom stereocenters. The Bertz CT molecular complexity index is 405. The van der Waals surface area contributed by atoms with Gasteiger partial charge >= 0.3 is 0 Å². The van der Waals surface area contributed by atoms with Crippen LogP contribution in [0.5, 0.6) is 0 Å². The van der Waals surface area contributed by atoms with E-state index in [0.717, 1.165) is 12.0 Å². The molecule has 4 heteroatoms. The van der Waals surface area contributed by atoms with Gasteiger partial charge in [-0.3, -0.25) is 4.79 Å². The molecule has 18 heavy (non-hydrogen) atoms. The molecule has 0 saturated heterocycles. The number of halogens is 1. The van der Waals surface area contributed by atoms with Crippen LogP contribution in [-0.2, 0) is 11.3 Å². The summed E-state index contributed by atoms with van der Waals surface area (Å²) in [5.41, 5.74) is 7.62. The van der Waals surface area contributed by atoms with Crippen molar-refractivity contribution < 1.29 is 9.18 Å². The van der Waals surface area contributed by atoms with Crippen molar-refractivity contribution in [3.63, 3.8) is 0 Å². The summed E-state index contributed by atoms with van der Waals surface area (Å²) in [4.78, 5) is 11.8. The van der Waals surface area contributed by atoms with E-state index < -0.39 is 0 Å². The van der Waals surface area contributed by atoms with Gasteiger partial charge in [0.15, 0.2) is 0 Å². The lowest BCUT2D eigenvalue weighted by molar-refractivity contribution is -0.124. The van der Waals surface area contributed by atoms with Crippen molar-refractivity contribution in [2.75, 3.05) is 6.54 Å². The third-order valence-electron chi connectivity index (χ3n) is 3.11. The highest BCUT2D eigenvalue weighted by molar-refractivity contribution is 5.78. The van der Waals surface area contributed by atoms with Crippen molar-refractivity contribution in [3.05, 3.63) is 34.6 Å². The Balaban J connectivity index is 2.67. The minimum Gasteiger partial charge on any atom is -0.352 e. The normalized spacial score (nSPS) is 12.3. The van der Waals surface area contributed by atoms with E-state index in [9.17, 15) is 9.18 Å².